The zero-order valence-corrected chi connectivity index (χ0v) is 13.4. The molecular weight excluding hydrogens is 322 g/mol. The van der Waals surface area contributed by atoms with E-state index in [9.17, 15) is 5.11 Å². The molecule has 0 aromatic heterocycles. The van der Waals surface area contributed by atoms with E-state index in [2.05, 4.69) is 39.4 Å². The van der Waals surface area contributed by atoms with Crippen molar-refractivity contribution in [2.24, 2.45) is 0 Å². The molecule has 1 aromatic carbocycles. The van der Waals surface area contributed by atoms with Gasteiger partial charge in [-0.25, -0.2) is 0 Å². The number of hydrogen-bond acceptors (Lipinski definition) is 3. The largest absolute Gasteiger partial charge is 0.389 e. The zero-order valence-electron chi connectivity index (χ0n) is 11.0. The minimum atomic E-state index is -0.483. The third-order valence-corrected chi connectivity index (χ3v) is 5.76. The van der Waals surface area contributed by atoms with E-state index in [1.165, 1.54) is 11.1 Å². The number of aliphatic hydroxyl groups is 1. The maximum atomic E-state index is 10.5. The third kappa shape index (κ3) is 3.18. The number of fused-ring (bicyclic) bond motifs is 1. The topological polar surface area (TPSA) is 32.3 Å². The maximum absolute atomic E-state index is 10.5. The van der Waals surface area contributed by atoms with Crippen molar-refractivity contribution in [3.05, 3.63) is 33.8 Å². The first-order chi connectivity index (χ1) is 9.16. The molecule has 0 amide bonds. The van der Waals surface area contributed by atoms with Crippen LogP contribution in [0.4, 0.5) is 0 Å². The van der Waals surface area contributed by atoms with Crippen LogP contribution in [0.15, 0.2) is 22.7 Å². The Morgan fingerprint density at radius 2 is 2.16 bits per heavy atom. The Hall–Kier alpha value is -0.0300. The second-order valence-corrected chi connectivity index (χ2v) is 7.79. The number of benzene rings is 1. The van der Waals surface area contributed by atoms with Crippen molar-refractivity contribution in [3.63, 3.8) is 0 Å². The monoisotopic (exact) mass is 341 g/mol. The molecule has 1 aromatic rings. The molecule has 1 aliphatic carbocycles. The summed E-state index contributed by atoms with van der Waals surface area (Å²) in [4.78, 5) is 0. The molecular formula is C15H20BrNOS. The Labute approximate surface area is 127 Å². The minimum absolute atomic E-state index is 0.418. The molecule has 4 heteroatoms. The van der Waals surface area contributed by atoms with Crippen molar-refractivity contribution >= 4 is 27.7 Å². The van der Waals surface area contributed by atoms with Gasteiger partial charge in [0.25, 0.3) is 0 Å². The van der Waals surface area contributed by atoms with E-state index < -0.39 is 5.60 Å². The van der Waals surface area contributed by atoms with Crippen LogP contribution in [0.3, 0.4) is 0 Å². The Morgan fingerprint density at radius 3 is 2.95 bits per heavy atom. The molecule has 2 N–H and O–H groups in total. The molecule has 1 atom stereocenters. The number of aryl methyl sites for hydroxylation is 1. The van der Waals surface area contributed by atoms with E-state index in [1.807, 2.05) is 11.8 Å². The molecule has 2 aliphatic rings. The van der Waals surface area contributed by atoms with Gasteiger partial charge in [-0.15, -0.1) is 0 Å². The van der Waals surface area contributed by atoms with Gasteiger partial charge in [-0.2, -0.15) is 11.8 Å². The van der Waals surface area contributed by atoms with Gasteiger partial charge in [-0.05, 0) is 60.4 Å². The van der Waals surface area contributed by atoms with Crippen molar-refractivity contribution in [3.8, 4) is 0 Å². The summed E-state index contributed by atoms with van der Waals surface area (Å²) >= 11 is 5.48. The summed E-state index contributed by atoms with van der Waals surface area (Å²) in [5.74, 6) is 2.18. The van der Waals surface area contributed by atoms with Gasteiger partial charge in [-0.1, -0.05) is 22.0 Å². The van der Waals surface area contributed by atoms with Crippen molar-refractivity contribution in [2.45, 2.75) is 37.3 Å². The fourth-order valence-electron chi connectivity index (χ4n) is 3.04. The fourth-order valence-corrected chi connectivity index (χ4v) is 4.70. The van der Waals surface area contributed by atoms with E-state index in [1.54, 1.807) is 0 Å². The van der Waals surface area contributed by atoms with Crippen LogP contribution in [-0.2, 0) is 6.42 Å². The average molecular weight is 342 g/mol. The van der Waals surface area contributed by atoms with E-state index >= 15 is 0 Å². The van der Waals surface area contributed by atoms with Crippen LogP contribution in [0.25, 0.3) is 0 Å². The highest BCUT2D eigenvalue weighted by Gasteiger charge is 2.31. The molecule has 1 unspecified atom stereocenters. The standard InChI is InChI=1S/C15H20BrNOS/c16-12-2-3-13-11(9-12)1-4-14(13)17-10-15(18)5-7-19-8-6-15/h2-3,9,14,17-18H,1,4-8,10H2. The summed E-state index contributed by atoms with van der Waals surface area (Å²) in [5.41, 5.74) is 2.37. The number of halogens is 1. The quantitative estimate of drug-likeness (QED) is 0.884. The molecule has 0 saturated carbocycles. The molecule has 1 fully saturated rings. The Morgan fingerprint density at radius 1 is 1.37 bits per heavy atom. The predicted molar refractivity (Wildman–Crippen MR) is 84.7 cm³/mol. The molecule has 1 heterocycles. The molecule has 3 rings (SSSR count). The smallest absolute Gasteiger partial charge is 0.0787 e. The van der Waals surface area contributed by atoms with Crippen molar-refractivity contribution in [2.75, 3.05) is 18.1 Å². The minimum Gasteiger partial charge on any atom is -0.389 e. The van der Waals surface area contributed by atoms with E-state index in [-0.39, 0.29) is 0 Å². The summed E-state index contributed by atoms with van der Waals surface area (Å²) in [6.45, 7) is 0.730. The van der Waals surface area contributed by atoms with Gasteiger partial charge in [0, 0.05) is 17.1 Å². The van der Waals surface area contributed by atoms with Crippen LogP contribution < -0.4 is 5.32 Å². The molecule has 1 saturated heterocycles. The van der Waals surface area contributed by atoms with E-state index in [0.29, 0.717) is 6.04 Å². The Kier molecular flexibility index (Phi) is 4.22. The number of hydrogen-bond donors (Lipinski definition) is 2. The summed E-state index contributed by atoms with van der Waals surface area (Å²) in [7, 11) is 0. The summed E-state index contributed by atoms with van der Waals surface area (Å²) < 4.78 is 1.16. The van der Waals surface area contributed by atoms with Crippen molar-refractivity contribution < 1.29 is 5.11 Å². The summed E-state index contributed by atoms with van der Waals surface area (Å²) in [6.07, 6.45) is 4.13. The van der Waals surface area contributed by atoms with Crippen LogP contribution >= 0.6 is 27.7 Å². The first-order valence-electron chi connectivity index (χ1n) is 6.98. The highest BCUT2D eigenvalue weighted by molar-refractivity contribution is 9.10. The maximum Gasteiger partial charge on any atom is 0.0787 e. The molecule has 0 spiro atoms. The summed E-state index contributed by atoms with van der Waals surface area (Å²) in [6, 6.07) is 6.97. The Balaban J connectivity index is 1.63. The predicted octanol–water partition coefficient (Wildman–Crippen LogP) is 3.28. The first kappa shape index (κ1) is 13.9. The van der Waals surface area contributed by atoms with E-state index in [0.717, 1.165) is 48.2 Å². The SMILES string of the molecule is OC1(CNC2CCc3cc(Br)ccc32)CCSCC1. The van der Waals surface area contributed by atoms with Gasteiger partial charge in [-0.3, -0.25) is 0 Å². The lowest BCUT2D eigenvalue weighted by Crippen LogP contribution is -2.44. The number of thioether (sulfide) groups is 1. The number of nitrogens with one attached hydrogen (secondary N) is 1. The molecule has 104 valence electrons. The van der Waals surface area contributed by atoms with Gasteiger partial charge >= 0.3 is 0 Å². The first-order valence-corrected chi connectivity index (χ1v) is 8.93. The van der Waals surface area contributed by atoms with Crippen LogP contribution in [0.5, 0.6) is 0 Å². The van der Waals surface area contributed by atoms with Crippen LogP contribution in [0.2, 0.25) is 0 Å². The van der Waals surface area contributed by atoms with Crippen LogP contribution in [-0.4, -0.2) is 28.8 Å². The summed E-state index contributed by atoms with van der Waals surface area (Å²) in [5, 5.41) is 14.1. The van der Waals surface area contributed by atoms with Crippen LogP contribution in [0.1, 0.15) is 36.4 Å². The van der Waals surface area contributed by atoms with Gasteiger partial charge < -0.3 is 10.4 Å². The lowest BCUT2D eigenvalue weighted by molar-refractivity contribution is 0.0296. The highest BCUT2D eigenvalue weighted by atomic mass is 79.9. The zero-order chi connectivity index (χ0) is 13.3. The van der Waals surface area contributed by atoms with Gasteiger partial charge in [0.15, 0.2) is 0 Å². The number of rotatable bonds is 3. The molecule has 2 nitrogen and oxygen atoms in total. The second kappa shape index (κ2) is 5.76. The molecule has 0 radical (unpaired) electrons. The lowest BCUT2D eigenvalue weighted by atomic mass is 9.96. The highest BCUT2D eigenvalue weighted by Crippen LogP contribution is 2.34. The molecule has 1 aliphatic heterocycles. The van der Waals surface area contributed by atoms with Crippen molar-refractivity contribution in [1.82, 2.24) is 5.32 Å². The second-order valence-electron chi connectivity index (χ2n) is 5.65. The van der Waals surface area contributed by atoms with Gasteiger partial charge in [0.1, 0.15) is 0 Å². The molecule has 0 bridgehead atoms. The normalized spacial score (nSPS) is 25.3. The molecule has 19 heavy (non-hydrogen) atoms. The van der Waals surface area contributed by atoms with Gasteiger partial charge in [0.2, 0.25) is 0 Å². The van der Waals surface area contributed by atoms with Crippen molar-refractivity contribution in [1.29, 1.82) is 0 Å². The third-order valence-electron chi connectivity index (χ3n) is 4.28. The lowest BCUT2D eigenvalue weighted by Gasteiger charge is -2.33. The average Bonchev–Trinajstić information content (AvgIpc) is 2.79. The van der Waals surface area contributed by atoms with E-state index in [4.69, 9.17) is 0 Å². The van der Waals surface area contributed by atoms with Gasteiger partial charge in [0.05, 0.1) is 5.60 Å². The Bertz CT molecular complexity index is 459. The fraction of sp³-hybridized carbons (Fsp3) is 0.600. The van der Waals surface area contributed by atoms with Crippen LogP contribution in [0, 0.1) is 0 Å².